The molecule has 0 aliphatic carbocycles. The zero-order valence-electron chi connectivity index (χ0n) is 11.6. The van der Waals surface area contributed by atoms with Crippen molar-refractivity contribution in [1.29, 1.82) is 0 Å². The molecule has 2 rings (SSSR count). The Labute approximate surface area is 119 Å². The first kappa shape index (κ1) is 14.3. The van der Waals surface area contributed by atoms with Gasteiger partial charge in [0.25, 0.3) is 0 Å². The average Bonchev–Trinajstić information content (AvgIpc) is 2.50. The fourth-order valence-corrected chi connectivity index (χ4v) is 2.51. The van der Waals surface area contributed by atoms with Gasteiger partial charge in [-0.3, -0.25) is 9.78 Å². The normalized spacial score (nSPS) is 13.7. The highest BCUT2D eigenvalue weighted by atomic mass is 16.4. The highest BCUT2D eigenvalue weighted by molar-refractivity contribution is 5.76. The first-order valence-electron chi connectivity index (χ1n) is 6.90. The maximum Gasteiger partial charge on any atom is 0.311 e. The third-order valence-corrected chi connectivity index (χ3v) is 3.67. The fraction of sp³-hybridized carbons (Fsp3) is 0.294. The van der Waals surface area contributed by atoms with Crippen LogP contribution in [0, 0.1) is 0 Å². The molecule has 0 fully saturated rings. The van der Waals surface area contributed by atoms with Crippen LogP contribution in [0.4, 0.5) is 0 Å². The van der Waals surface area contributed by atoms with Crippen molar-refractivity contribution in [3.05, 3.63) is 66.0 Å². The molecule has 0 aliphatic rings. The van der Waals surface area contributed by atoms with Crippen molar-refractivity contribution in [3.8, 4) is 0 Å². The van der Waals surface area contributed by atoms with Gasteiger partial charge in [0.15, 0.2) is 0 Å². The number of aliphatic carboxylic acids is 1. The second-order valence-corrected chi connectivity index (χ2v) is 4.93. The summed E-state index contributed by atoms with van der Waals surface area (Å²) in [6.07, 6.45) is 4.84. The molecule has 0 aliphatic heterocycles. The average molecular weight is 269 g/mol. The molecule has 0 bridgehead atoms. The van der Waals surface area contributed by atoms with E-state index in [0.29, 0.717) is 6.42 Å². The maximum absolute atomic E-state index is 11.6. The molecule has 1 aromatic heterocycles. The number of aromatic nitrogens is 1. The molecule has 1 N–H and O–H groups in total. The third kappa shape index (κ3) is 3.44. The van der Waals surface area contributed by atoms with E-state index in [-0.39, 0.29) is 5.92 Å². The van der Waals surface area contributed by atoms with E-state index in [1.807, 2.05) is 24.3 Å². The summed E-state index contributed by atoms with van der Waals surface area (Å²) in [5.41, 5.74) is 1.97. The lowest BCUT2D eigenvalue weighted by Gasteiger charge is -2.20. The molecular weight excluding hydrogens is 250 g/mol. The molecule has 104 valence electrons. The van der Waals surface area contributed by atoms with Crippen LogP contribution in [0.25, 0.3) is 0 Å². The van der Waals surface area contributed by atoms with Gasteiger partial charge in [-0.05, 0) is 36.0 Å². The second-order valence-electron chi connectivity index (χ2n) is 4.93. The highest BCUT2D eigenvalue weighted by Crippen LogP contribution is 2.32. The quantitative estimate of drug-likeness (QED) is 0.867. The van der Waals surface area contributed by atoms with Crippen LogP contribution in [-0.4, -0.2) is 16.1 Å². The molecule has 1 heterocycles. The summed E-state index contributed by atoms with van der Waals surface area (Å²) in [7, 11) is 0. The van der Waals surface area contributed by atoms with Gasteiger partial charge in [-0.15, -0.1) is 0 Å². The van der Waals surface area contributed by atoms with Crippen molar-refractivity contribution in [2.45, 2.75) is 31.6 Å². The number of hydrogen-bond donors (Lipinski definition) is 1. The van der Waals surface area contributed by atoms with E-state index in [1.165, 1.54) is 5.56 Å². The molecule has 0 radical (unpaired) electrons. The summed E-state index contributed by atoms with van der Waals surface area (Å²) < 4.78 is 0. The topological polar surface area (TPSA) is 50.2 Å². The van der Waals surface area contributed by atoms with Crippen molar-refractivity contribution < 1.29 is 9.90 Å². The Kier molecular flexibility index (Phi) is 4.88. The van der Waals surface area contributed by atoms with E-state index in [1.54, 1.807) is 18.5 Å². The number of nitrogens with zero attached hydrogens (tertiary/aromatic N) is 1. The van der Waals surface area contributed by atoms with Crippen LogP contribution < -0.4 is 0 Å². The van der Waals surface area contributed by atoms with Crippen LogP contribution in [0.1, 0.15) is 42.7 Å². The standard InChI is InChI=1S/C17H19NO2/c1-2-13(14-7-4-3-5-8-14)11-16(17(19)20)15-9-6-10-18-12-15/h3-10,12-13,16H,2,11H2,1H3,(H,19,20)/t13-,16+/m1/s1. The minimum Gasteiger partial charge on any atom is -0.481 e. The molecule has 3 nitrogen and oxygen atoms in total. The van der Waals surface area contributed by atoms with Crippen molar-refractivity contribution in [2.75, 3.05) is 0 Å². The van der Waals surface area contributed by atoms with E-state index in [0.717, 1.165) is 12.0 Å². The monoisotopic (exact) mass is 269 g/mol. The third-order valence-electron chi connectivity index (χ3n) is 3.67. The molecule has 0 spiro atoms. The molecule has 2 aromatic rings. The predicted molar refractivity (Wildman–Crippen MR) is 78.7 cm³/mol. The number of carbonyl (C=O) groups is 1. The maximum atomic E-state index is 11.6. The largest absolute Gasteiger partial charge is 0.481 e. The van der Waals surface area contributed by atoms with Crippen LogP contribution in [0.5, 0.6) is 0 Å². The number of hydrogen-bond acceptors (Lipinski definition) is 2. The first-order chi connectivity index (χ1) is 9.72. The molecular formula is C17H19NO2. The number of rotatable bonds is 6. The Morgan fingerprint density at radius 3 is 2.40 bits per heavy atom. The molecule has 0 unspecified atom stereocenters. The summed E-state index contributed by atoms with van der Waals surface area (Å²) in [6, 6.07) is 13.7. The summed E-state index contributed by atoms with van der Waals surface area (Å²) >= 11 is 0. The minimum absolute atomic E-state index is 0.248. The van der Waals surface area contributed by atoms with Gasteiger partial charge >= 0.3 is 5.97 Å². The zero-order chi connectivity index (χ0) is 14.4. The molecule has 3 heteroatoms. The van der Waals surface area contributed by atoms with Gasteiger partial charge in [0.05, 0.1) is 5.92 Å². The van der Waals surface area contributed by atoms with E-state index < -0.39 is 11.9 Å². The summed E-state index contributed by atoms with van der Waals surface area (Å²) in [5, 5.41) is 9.49. The highest BCUT2D eigenvalue weighted by Gasteiger charge is 2.24. The lowest BCUT2D eigenvalue weighted by atomic mass is 9.84. The van der Waals surface area contributed by atoms with E-state index in [9.17, 15) is 9.90 Å². The van der Waals surface area contributed by atoms with Crippen molar-refractivity contribution >= 4 is 5.97 Å². The molecule has 20 heavy (non-hydrogen) atoms. The lowest BCUT2D eigenvalue weighted by Crippen LogP contribution is -2.15. The minimum atomic E-state index is -0.785. The van der Waals surface area contributed by atoms with Gasteiger partial charge in [-0.25, -0.2) is 0 Å². The predicted octanol–water partition coefficient (Wildman–Crippen LogP) is 3.83. The molecule has 0 saturated carbocycles. The summed E-state index contributed by atoms with van der Waals surface area (Å²) in [4.78, 5) is 15.6. The van der Waals surface area contributed by atoms with Gasteiger partial charge < -0.3 is 5.11 Å². The van der Waals surface area contributed by atoms with Gasteiger partial charge in [-0.1, -0.05) is 43.3 Å². The fourth-order valence-electron chi connectivity index (χ4n) is 2.51. The van der Waals surface area contributed by atoms with Crippen LogP contribution in [0.2, 0.25) is 0 Å². The van der Waals surface area contributed by atoms with Gasteiger partial charge in [0, 0.05) is 12.4 Å². The molecule has 1 aromatic carbocycles. The van der Waals surface area contributed by atoms with Crippen molar-refractivity contribution in [3.63, 3.8) is 0 Å². The Morgan fingerprint density at radius 2 is 1.85 bits per heavy atom. The Morgan fingerprint density at radius 1 is 1.15 bits per heavy atom. The van der Waals surface area contributed by atoms with Crippen molar-refractivity contribution in [2.24, 2.45) is 0 Å². The summed E-state index contributed by atoms with van der Waals surface area (Å²) in [5.74, 6) is -1.04. The van der Waals surface area contributed by atoms with Gasteiger partial charge in [-0.2, -0.15) is 0 Å². The number of carboxylic acid groups (broad SMARTS) is 1. The first-order valence-corrected chi connectivity index (χ1v) is 6.90. The Bertz CT molecular complexity index is 539. The number of pyridine rings is 1. The Balaban J connectivity index is 2.21. The molecule has 2 atom stereocenters. The SMILES string of the molecule is CC[C@H](C[C@H](C(=O)O)c1cccnc1)c1ccccc1. The molecule has 0 saturated heterocycles. The van der Waals surface area contributed by atoms with Gasteiger partial charge in [0.2, 0.25) is 0 Å². The van der Waals surface area contributed by atoms with Crippen LogP contribution in [-0.2, 0) is 4.79 Å². The molecule has 0 amide bonds. The van der Waals surface area contributed by atoms with E-state index >= 15 is 0 Å². The van der Waals surface area contributed by atoms with E-state index in [4.69, 9.17) is 0 Å². The number of benzene rings is 1. The van der Waals surface area contributed by atoms with Crippen LogP contribution >= 0.6 is 0 Å². The van der Waals surface area contributed by atoms with Crippen molar-refractivity contribution in [1.82, 2.24) is 4.98 Å². The summed E-state index contributed by atoms with van der Waals surface area (Å²) in [6.45, 7) is 2.10. The zero-order valence-corrected chi connectivity index (χ0v) is 11.6. The number of carboxylic acids is 1. The smallest absolute Gasteiger partial charge is 0.311 e. The lowest BCUT2D eigenvalue weighted by molar-refractivity contribution is -0.139. The van der Waals surface area contributed by atoms with Gasteiger partial charge in [0.1, 0.15) is 0 Å². The van der Waals surface area contributed by atoms with E-state index in [2.05, 4.69) is 24.0 Å². The van der Waals surface area contributed by atoms with Crippen LogP contribution in [0.15, 0.2) is 54.9 Å². The second kappa shape index (κ2) is 6.85. The Hall–Kier alpha value is -2.16. The van der Waals surface area contributed by atoms with Crippen LogP contribution in [0.3, 0.4) is 0 Å².